The number of fused-ring (bicyclic) bond motifs is 1. The Morgan fingerprint density at radius 1 is 1.06 bits per heavy atom. The number of carbonyl (C=O) groups is 1. The van der Waals surface area contributed by atoms with E-state index >= 15 is 0 Å². The van der Waals surface area contributed by atoms with Crippen LogP contribution in [0.1, 0.15) is 44.4 Å². The van der Waals surface area contributed by atoms with Gasteiger partial charge in [0.1, 0.15) is 11.7 Å². The molecule has 34 heavy (non-hydrogen) atoms. The predicted molar refractivity (Wildman–Crippen MR) is 119 cm³/mol. The summed E-state index contributed by atoms with van der Waals surface area (Å²) in [5.74, 6) is 0.725. The van der Waals surface area contributed by atoms with Gasteiger partial charge >= 0.3 is 6.18 Å². The number of rotatable bonds is 7. The fraction of sp³-hybridized carbons (Fsp3) is 0.435. The van der Waals surface area contributed by atoms with Gasteiger partial charge in [-0.3, -0.25) is 14.9 Å². The van der Waals surface area contributed by atoms with Gasteiger partial charge in [0.2, 0.25) is 5.91 Å². The number of anilines is 1. The molecular weight excluding hydrogens is 455 g/mol. The standard InChI is InChI=1S/C23H26F3N3O5/c1-13(2)21(15-5-8-19-20(11-15)34-10-4-9-33-19)28-22(30)14(3)27-17-7-6-16(23(24,25)26)12-18(17)29(31)32/h5-8,11-14,21,27H,4,9-10H2,1-3H3,(H,28,30)/t14-,21?/m1/s1. The highest BCUT2D eigenvalue weighted by molar-refractivity contribution is 5.85. The van der Waals surface area contributed by atoms with Crippen molar-refractivity contribution in [2.75, 3.05) is 18.5 Å². The molecule has 0 fully saturated rings. The topological polar surface area (TPSA) is 103 Å². The third-order valence-electron chi connectivity index (χ3n) is 5.38. The van der Waals surface area contributed by atoms with E-state index in [1.165, 1.54) is 6.92 Å². The second kappa shape index (κ2) is 10.2. The van der Waals surface area contributed by atoms with Gasteiger partial charge in [0.05, 0.1) is 29.7 Å². The number of amides is 1. The van der Waals surface area contributed by atoms with E-state index in [0.717, 1.165) is 24.1 Å². The average Bonchev–Trinajstić information content (AvgIpc) is 3.01. The lowest BCUT2D eigenvalue weighted by Crippen LogP contribution is -2.41. The number of ether oxygens (including phenoxy) is 2. The molecular formula is C23H26F3N3O5. The predicted octanol–water partition coefficient (Wildman–Crippen LogP) is 5.09. The molecule has 2 aromatic carbocycles. The van der Waals surface area contributed by atoms with Crippen LogP contribution >= 0.6 is 0 Å². The molecule has 2 N–H and O–H groups in total. The second-order valence-electron chi connectivity index (χ2n) is 8.34. The second-order valence-corrected chi connectivity index (χ2v) is 8.34. The van der Waals surface area contributed by atoms with Crippen LogP contribution in [0.15, 0.2) is 36.4 Å². The van der Waals surface area contributed by atoms with Crippen molar-refractivity contribution in [3.05, 3.63) is 57.6 Å². The molecule has 2 atom stereocenters. The third kappa shape index (κ3) is 5.89. The maximum atomic E-state index is 12.9. The van der Waals surface area contributed by atoms with Crippen molar-refractivity contribution in [2.24, 2.45) is 5.92 Å². The van der Waals surface area contributed by atoms with Crippen molar-refractivity contribution < 1.29 is 32.4 Å². The Morgan fingerprint density at radius 3 is 2.35 bits per heavy atom. The highest BCUT2D eigenvalue weighted by Gasteiger charge is 2.33. The lowest BCUT2D eigenvalue weighted by Gasteiger charge is -2.26. The number of hydrogen-bond donors (Lipinski definition) is 2. The Kier molecular flexibility index (Phi) is 7.53. The summed E-state index contributed by atoms with van der Waals surface area (Å²) >= 11 is 0. The summed E-state index contributed by atoms with van der Waals surface area (Å²) in [5, 5.41) is 16.9. The summed E-state index contributed by atoms with van der Waals surface area (Å²) in [6.45, 7) is 6.39. The van der Waals surface area contributed by atoms with Gasteiger partial charge in [0.25, 0.3) is 5.69 Å². The molecule has 1 aliphatic rings. The van der Waals surface area contributed by atoms with Crippen LogP contribution in [-0.2, 0) is 11.0 Å². The van der Waals surface area contributed by atoms with Crippen molar-refractivity contribution in [1.29, 1.82) is 0 Å². The largest absolute Gasteiger partial charge is 0.490 e. The Hall–Kier alpha value is -3.50. The van der Waals surface area contributed by atoms with Crippen molar-refractivity contribution >= 4 is 17.3 Å². The number of carbonyl (C=O) groups excluding carboxylic acids is 1. The Morgan fingerprint density at radius 2 is 1.74 bits per heavy atom. The van der Waals surface area contributed by atoms with E-state index < -0.39 is 40.3 Å². The number of halogens is 3. The van der Waals surface area contributed by atoms with Crippen molar-refractivity contribution in [3.8, 4) is 11.5 Å². The van der Waals surface area contributed by atoms with Crippen LogP contribution < -0.4 is 20.1 Å². The maximum absolute atomic E-state index is 12.9. The minimum Gasteiger partial charge on any atom is -0.490 e. The molecule has 0 saturated heterocycles. The lowest BCUT2D eigenvalue weighted by atomic mass is 9.95. The Bertz CT molecular complexity index is 1060. The van der Waals surface area contributed by atoms with Gasteiger partial charge in [0.15, 0.2) is 11.5 Å². The van der Waals surface area contributed by atoms with E-state index in [1.807, 2.05) is 26.0 Å². The van der Waals surface area contributed by atoms with Gasteiger partial charge in [0, 0.05) is 12.5 Å². The maximum Gasteiger partial charge on any atom is 0.416 e. The fourth-order valence-corrected chi connectivity index (χ4v) is 3.57. The van der Waals surface area contributed by atoms with E-state index in [-0.39, 0.29) is 11.6 Å². The first-order valence-electron chi connectivity index (χ1n) is 10.8. The Labute approximate surface area is 194 Å². The normalized spacial score (nSPS) is 15.3. The number of nitrogens with zero attached hydrogens (tertiary/aromatic N) is 1. The van der Waals surface area contributed by atoms with E-state index in [0.29, 0.717) is 30.8 Å². The van der Waals surface area contributed by atoms with Gasteiger partial charge in [-0.1, -0.05) is 19.9 Å². The van der Waals surface area contributed by atoms with Crippen LogP contribution in [0.5, 0.6) is 11.5 Å². The van der Waals surface area contributed by atoms with Crippen LogP contribution in [0, 0.1) is 16.0 Å². The first-order chi connectivity index (χ1) is 16.0. The van der Waals surface area contributed by atoms with E-state index in [4.69, 9.17) is 9.47 Å². The van der Waals surface area contributed by atoms with Crippen molar-refractivity contribution in [1.82, 2.24) is 5.32 Å². The van der Waals surface area contributed by atoms with E-state index in [2.05, 4.69) is 10.6 Å². The number of nitro benzene ring substituents is 1. The quantitative estimate of drug-likeness (QED) is 0.422. The molecule has 1 amide bonds. The average molecular weight is 481 g/mol. The summed E-state index contributed by atoms with van der Waals surface area (Å²) in [4.78, 5) is 23.3. The van der Waals surface area contributed by atoms with Crippen LogP contribution in [0.2, 0.25) is 0 Å². The van der Waals surface area contributed by atoms with Crippen LogP contribution in [0.3, 0.4) is 0 Å². The molecule has 184 valence electrons. The van der Waals surface area contributed by atoms with Gasteiger partial charge in [-0.25, -0.2) is 0 Å². The molecule has 0 aromatic heterocycles. The number of alkyl halides is 3. The van der Waals surface area contributed by atoms with Crippen LogP contribution in [0.25, 0.3) is 0 Å². The molecule has 0 saturated carbocycles. The summed E-state index contributed by atoms with van der Waals surface area (Å²) < 4.78 is 50.2. The lowest BCUT2D eigenvalue weighted by molar-refractivity contribution is -0.384. The monoisotopic (exact) mass is 481 g/mol. The van der Waals surface area contributed by atoms with Gasteiger partial charge in [-0.2, -0.15) is 13.2 Å². The van der Waals surface area contributed by atoms with E-state index in [9.17, 15) is 28.1 Å². The smallest absolute Gasteiger partial charge is 0.416 e. The fourth-order valence-electron chi connectivity index (χ4n) is 3.57. The third-order valence-corrected chi connectivity index (χ3v) is 5.38. The zero-order valence-corrected chi connectivity index (χ0v) is 18.9. The van der Waals surface area contributed by atoms with E-state index in [1.54, 1.807) is 6.07 Å². The molecule has 1 aliphatic heterocycles. The summed E-state index contributed by atoms with van der Waals surface area (Å²) in [5.41, 5.74) is -1.30. The molecule has 0 spiro atoms. The number of nitrogens with one attached hydrogen (secondary N) is 2. The SMILES string of the molecule is CC(C)C(NC(=O)[C@@H](C)Nc1ccc(C(F)(F)F)cc1[N+](=O)[O-])c1ccc2c(c1)OCCCO2. The molecule has 8 nitrogen and oxygen atoms in total. The summed E-state index contributed by atoms with van der Waals surface area (Å²) in [6, 6.07) is 6.19. The zero-order valence-electron chi connectivity index (χ0n) is 18.9. The molecule has 0 aliphatic carbocycles. The van der Waals surface area contributed by atoms with Crippen LogP contribution in [-0.4, -0.2) is 30.1 Å². The molecule has 1 unspecified atom stereocenters. The minimum atomic E-state index is -4.72. The van der Waals surface area contributed by atoms with Gasteiger partial charge < -0.3 is 20.1 Å². The summed E-state index contributed by atoms with van der Waals surface area (Å²) in [6.07, 6.45) is -3.97. The summed E-state index contributed by atoms with van der Waals surface area (Å²) in [7, 11) is 0. The number of benzene rings is 2. The van der Waals surface area contributed by atoms with Crippen LogP contribution in [0.4, 0.5) is 24.5 Å². The minimum absolute atomic E-state index is 0.0127. The highest BCUT2D eigenvalue weighted by Crippen LogP contribution is 2.36. The van der Waals surface area contributed by atoms with Gasteiger partial charge in [-0.15, -0.1) is 0 Å². The molecule has 11 heteroatoms. The molecule has 1 heterocycles. The molecule has 2 aromatic rings. The van der Waals surface area contributed by atoms with Crippen molar-refractivity contribution in [2.45, 2.75) is 45.5 Å². The molecule has 3 rings (SSSR count). The van der Waals surface area contributed by atoms with Crippen molar-refractivity contribution in [3.63, 3.8) is 0 Å². The highest BCUT2D eigenvalue weighted by atomic mass is 19.4. The molecule has 0 radical (unpaired) electrons. The first-order valence-corrected chi connectivity index (χ1v) is 10.8. The Balaban J connectivity index is 1.77. The van der Waals surface area contributed by atoms with Gasteiger partial charge in [-0.05, 0) is 42.7 Å². The molecule has 0 bridgehead atoms. The zero-order chi connectivity index (χ0) is 25.0. The first kappa shape index (κ1) is 25.1. The number of hydrogen-bond acceptors (Lipinski definition) is 6. The number of nitro groups is 1.